The Morgan fingerprint density at radius 3 is 2.83 bits per heavy atom. The number of carbonyl (C=O) groups excluding carboxylic acids is 1. The van der Waals surface area contributed by atoms with Gasteiger partial charge in [-0.3, -0.25) is 9.59 Å². The van der Waals surface area contributed by atoms with Crippen LogP contribution in [0.2, 0.25) is 0 Å². The highest BCUT2D eigenvalue weighted by Gasteiger charge is 2.11. The predicted molar refractivity (Wildman–Crippen MR) is 100 cm³/mol. The highest BCUT2D eigenvalue weighted by atomic mass is 32.1. The monoisotopic (exact) mass is 358 g/mol. The van der Waals surface area contributed by atoms with Crippen molar-refractivity contribution < 1.29 is 4.79 Å². The van der Waals surface area contributed by atoms with E-state index in [-0.39, 0.29) is 10.6 Å². The van der Waals surface area contributed by atoms with Crippen LogP contribution in [0.25, 0.3) is 10.8 Å². The number of carbonyl (C=O) groups is 1. The van der Waals surface area contributed by atoms with Gasteiger partial charge in [0, 0.05) is 23.7 Å². The van der Waals surface area contributed by atoms with Crippen molar-refractivity contribution in [1.82, 2.24) is 10.3 Å². The Kier molecular flexibility index (Phi) is 5.06. The number of fused-ring (bicyclic) bond motifs is 1. The van der Waals surface area contributed by atoms with E-state index in [1.54, 1.807) is 23.5 Å². The van der Waals surface area contributed by atoms with E-state index in [2.05, 4.69) is 29.5 Å². The number of aromatic nitrogens is 1. The van der Waals surface area contributed by atoms with Gasteiger partial charge in [0.2, 0.25) is 4.74 Å². The van der Waals surface area contributed by atoms with E-state index in [0.717, 1.165) is 27.4 Å². The van der Waals surface area contributed by atoms with Crippen molar-refractivity contribution in [3.63, 3.8) is 0 Å². The van der Waals surface area contributed by atoms with E-state index in [1.165, 1.54) is 0 Å². The molecule has 0 unspecified atom stereocenters. The zero-order chi connectivity index (χ0) is 17.1. The molecule has 0 fully saturated rings. The first-order valence-electron chi connectivity index (χ1n) is 7.80. The number of rotatable bonds is 5. The lowest BCUT2D eigenvalue weighted by Crippen LogP contribution is -2.25. The van der Waals surface area contributed by atoms with Crippen molar-refractivity contribution in [2.45, 2.75) is 26.2 Å². The maximum atomic E-state index is 12.3. The van der Waals surface area contributed by atoms with E-state index in [4.69, 9.17) is 0 Å². The normalized spacial score (nSPS) is 11.1. The summed E-state index contributed by atoms with van der Waals surface area (Å²) in [5.41, 5.74) is 1.09. The number of nitrogens with zero attached hydrogens (tertiary/aromatic N) is 1. The van der Waals surface area contributed by atoms with Crippen molar-refractivity contribution in [3.8, 4) is 0 Å². The van der Waals surface area contributed by atoms with Crippen molar-refractivity contribution in [3.05, 3.63) is 60.8 Å². The standard InChI is InChI=1S/C18H18N2O2S2/c1-11(2)14-10-23-16(20-14)7-8-19-17(21)15-9-12-5-3-4-6-13(12)18(22)24-15/h3-6,9-11H,7-8H2,1-2H3,(H,19,21). The predicted octanol–water partition coefficient (Wildman–Crippen LogP) is 3.81. The molecule has 0 spiro atoms. The second kappa shape index (κ2) is 7.23. The summed E-state index contributed by atoms with van der Waals surface area (Å²) >= 11 is 2.61. The molecule has 0 aliphatic carbocycles. The first-order valence-corrected chi connectivity index (χ1v) is 9.49. The molecule has 0 aliphatic heterocycles. The molecule has 1 N–H and O–H groups in total. The Balaban J connectivity index is 1.65. The van der Waals surface area contributed by atoms with Crippen molar-refractivity contribution in [2.24, 2.45) is 0 Å². The lowest BCUT2D eigenvalue weighted by molar-refractivity contribution is 0.0958. The maximum absolute atomic E-state index is 12.3. The number of nitrogens with one attached hydrogen (secondary N) is 1. The Morgan fingerprint density at radius 1 is 1.29 bits per heavy atom. The van der Waals surface area contributed by atoms with E-state index in [0.29, 0.717) is 29.1 Å². The van der Waals surface area contributed by atoms with Gasteiger partial charge in [0.1, 0.15) is 0 Å². The van der Waals surface area contributed by atoms with E-state index < -0.39 is 0 Å². The quantitative estimate of drug-likeness (QED) is 0.754. The molecule has 6 heteroatoms. The zero-order valence-electron chi connectivity index (χ0n) is 13.5. The second-order valence-electron chi connectivity index (χ2n) is 5.81. The lowest BCUT2D eigenvalue weighted by Gasteiger charge is -2.04. The molecule has 0 saturated heterocycles. The third kappa shape index (κ3) is 3.71. The topological polar surface area (TPSA) is 59.1 Å². The molecule has 0 radical (unpaired) electrons. The van der Waals surface area contributed by atoms with Gasteiger partial charge in [0.25, 0.3) is 5.91 Å². The molecule has 24 heavy (non-hydrogen) atoms. The molecular formula is C18H18N2O2S2. The number of hydrogen-bond donors (Lipinski definition) is 1. The van der Waals surface area contributed by atoms with Crippen LogP contribution >= 0.6 is 22.7 Å². The van der Waals surface area contributed by atoms with Gasteiger partial charge >= 0.3 is 0 Å². The number of amides is 1. The molecule has 0 aliphatic rings. The van der Waals surface area contributed by atoms with Crippen LogP contribution in [-0.2, 0) is 6.42 Å². The Morgan fingerprint density at radius 2 is 2.08 bits per heavy atom. The van der Waals surface area contributed by atoms with Crippen LogP contribution in [0.5, 0.6) is 0 Å². The summed E-state index contributed by atoms with van der Waals surface area (Å²) in [6, 6.07) is 9.10. The fourth-order valence-electron chi connectivity index (χ4n) is 2.32. The summed E-state index contributed by atoms with van der Waals surface area (Å²) in [6.45, 7) is 4.74. The molecule has 1 aromatic carbocycles. The molecule has 3 aromatic rings. The lowest BCUT2D eigenvalue weighted by atomic mass is 10.2. The Bertz CT molecular complexity index is 928. The van der Waals surface area contributed by atoms with Gasteiger partial charge in [0.15, 0.2) is 0 Å². The largest absolute Gasteiger partial charge is 0.351 e. The van der Waals surface area contributed by atoms with E-state index in [1.807, 2.05) is 18.2 Å². The van der Waals surface area contributed by atoms with Crippen molar-refractivity contribution >= 4 is 39.4 Å². The van der Waals surface area contributed by atoms with Gasteiger partial charge in [-0.2, -0.15) is 0 Å². The van der Waals surface area contributed by atoms with E-state index in [9.17, 15) is 9.59 Å². The highest BCUT2D eigenvalue weighted by molar-refractivity contribution is 7.12. The average molecular weight is 358 g/mol. The smallest absolute Gasteiger partial charge is 0.261 e. The minimum absolute atomic E-state index is 0.0836. The van der Waals surface area contributed by atoms with Crippen molar-refractivity contribution in [1.29, 1.82) is 0 Å². The van der Waals surface area contributed by atoms with Gasteiger partial charge in [-0.05, 0) is 23.4 Å². The van der Waals surface area contributed by atoms with Gasteiger partial charge < -0.3 is 5.32 Å². The molecule has 0 saturated carbocycles. The van der Waals surface area contributed by atoms with Gasteiger partial charge in [-0.25, -0.2) is 4.98 Å². The molecule has 0 atom stereocenters. The Hall–Kier alpha value is -2.05. The van der Waals surface area contributed by atoms with Crippen LogP contribution < -0.4 is 10.1 Å². The number of hydrogen-bond acceptors (Lipinski definition) is 5. The minimum Gasteiger partial charge on any atom is -0.351 e. The summed E-state index contributed by atoms with van der Waals surface area (Å²) < 4.78 is -0.0836. The van der Waals surface area contributed by atoms with Crippen LogP contribution in [0.3, 0.4) is 0 Å². The average Bonchev–Trinajstić information content (AvgIpc) is 3.04. The summed E-state index contributed by atoms with van der Waals surface area (Å²) in [7, 11) is 0. The number of thiazole rings is 1. The summed E-state index contributed by atoms with van der Waals surface area (Å²) in [5, 5.41) is 7.42. The van der Waals surface area contributed by atoms with Crippen LogP contribution in [0, 0.1) is 0 Å². The van der Waals surface area contributed by atoms with Crippen LogP contribution in [0.4, 0.5) is 0 Å². The van der Waals surface area contributed by atoms with Gasteiger partial charge in [0.05, 0.1) is 15.6 Å². The molecular weight excluding hydrogens is 340 g/mol. The molecule has 1 amide bonds. The summed E-state index contributed by atoms with van der Waals surface area (Å²) in [4.78, 5) is 29.4. The second-order valence-corrected chi connectivity index (χ2v) is 7.77. The maximum Gasteiger partial charge on any atom is 0.261 e. The molecule has 2 aromatic heterocycles. The van der Waals surface area contributed by atoms with Crippen LogP contribution in [0.15, 0.2) is 40.5 Å². The number of benzene rings is 1. The third-order valence-corrected chi connectivity index (χ3v) is 5.53. The molecule has 3 rings (SSSR count). The van der Waals surface area contributed by atoms with Crippen LogP contribution in [-0.4, -0.2) is 17.4 Å². The zero-order valence-corrected chi connectivity index (χ0v) is 15.2. The minimum atomic E-state index is -0.205. The SMILES string of the molecule is CC(C)c1csc(CCNC(=O)c2cc3ccccc3c(=O)s2)n1. The summed E-state index contributed by atoms with van der Waals surface area (Å²) in [6.07, 6.45) is 0.700. The Labute approximate surface area is 148 Å². The molecule has 2 heterocycles. The first-order chi connectivity index (χ1) is 11.5. The molecule has 4 nitrogen and oxygen atoms in total. The van der Waals surface area contributed by atoms with Gasteiger partial charge in [-0.1, -0.05) is 43.4 Å². The highest BCUT2D eigenvalue weighted by Crippen LogP contribution is 2.18. The van der Waals surface area contributed by atoms with Gasteiger partial charge in [-0.15, -0.1) is 11.3 Å². The summed E-state index contributed by atoms with van der Waals surface area (Å²) in [5.74, 6) is 0.211. The molecule has 0 bridgehead atoms. The van der Waals surface area contributed by atoms with E-state index >= 15 is 0 Å². The fourth-order valence-corrected chi connectivity index (χ4v) is 4.13. The van der Waals surface area contributed by atoms with Crippen LogP contribution in [0.1, 0.15) is 40.1 Å². The third-order valence-electron chi connectivity index (χ3n) is 3.68. The van der Waals surface area contributed by atoms with Crippen molar-refractivity contribution in [2.75, 3.05) is 6.54 Å². The first kappa shape index (κ1) is 16.8. The fraction of sp³-hybridized carbons (Fsp3) is 0.278. The molecule has 124 valence electrons.